The maximum Gasteiger partial charge on any atom is 0.140 e. The number of hydrogen-bond donors (Lipinski definition) is 2. The van der Waals surface area contributed by atoms with Gasteiger partial charge in [0.1, 0.15) is 23.1 Å². The van der Waals surface area contributed by atoms with Gasteiger partial charge in [-0.25, -0.2) is 0 Å². The summed E-state index contributed by atoms with van der Waals surface area (Å²) in [5.74, 6) is 0.942. The summed E-state index contributed by atoms with van der Waals surface area (Å²) in [4.78, 5) is 0. The third-order valence-electron chi connectivity index (χ3n) is 3.62. The van der Waals surface area contributed by atoms with Crippen LogP contribution in [0, 0.1) is 11.3 Å². The van der Waals surface area contributed by atoms with Gasteiger partial charge in [0.25, 0.3) is 0 Å². The Morgan fingerprint density at radius 2 is 1.89 bits per heavy atom. The van der Waals surface area contributed by atoms with E-state index >= 15 is 0 Å². The van der Waals surface area contributed by atoms with Gasteiger partial charge in [0.05, 0.1) is 16.9 Å². The molecule has 0 aromatic carbocycles. The lowest BCUT2D eigenvalue weighted by Gasteiger charge is -2.25. The average Bonchev–Trinajstić information content (AvgIpc) is 2.78. The molecule has 3 heterocycles. The first-order chi connectivity index (χ1) is 9.38. The number of allylic oxidation sites excluding steroid dienone is 2. The number of nitrogens with zero attached hydrogens (tertiary/aromatic N) is 2. The maximum atomic E-state index is 9.41. The molecule has 1 aliphatic carbocycles. The molecule has 0 spiro atoms. The molecule has 0 saturated carbocycles. The normalized spacial score (nSPS) is 16.4. The Morgan fingerprint density at radius 3 is 2.68 bits per heavy atom. The van der Waals surface area contributed by atoms with E-state index in [2.05, 4.69) is 28.9 Å². The van der Waals surface area contributed by atoms with Gasteiger partial charge in [-0.3, -0.25) is 0 Å². The molecule has 2 aromatic rings. The first kappa shape index (κ1) is 10.3. The molecule has 92 valence electrons. The van der Waals surface area contributed by atoms with E-state index in [1.54, 1.807) is 0 Å². The first-order valence-electron chi connectivity index (χ1n) is 6.36. The molecular weight excluding hydrogens is 236 g/mol. The van der Waals surface area contributed by atoms with Crippen LogP contribution in [-0.4, -0.2) is 4.40 Å². The van der Waals surface area contributed by atoms with Crippen LogP contribution >= 0.6 is 0 Å². The van der Waals surface area contributed by atoms with Gasteiger partial charge < -0.3 is 15.0 Å². The van der Waals surface area contributed by atoms with Crippen molar-refractivity contribution in [1.82, 2.24) is 4.40 Å². The highest BCUT2D eigenvalue weighted by Gasteiger charge is 2.25. The molecule has 0 saturated heterocycles. The fraction of sp³-hybridized carbons (Fsp3) is 0.133. The van der Waals surface area contributed by atoms with Crippen molar-refractivity contribution in [3.63, 3.8) is 0 Å². The van der Waals surface area contributed by atoms with E-state index < -0.39 is 0 Å². The Bertz CT molecular complexity index is 786. The minimum absolute atomic E-state index is 0.689. The van der Waals surface area contributed by atoms with E-state index in [9.17, 15) is 5.26 Å². The van der Waals surface area contributed by atoms with Crippen molar-refractivity contribution in [2.75, 3.05) is 10.6 Å². The topological polar surface area (TPSA) is 52.3 Å². The Balaban J connectivity index is 2.03. The Morgan fingerprint density at radius 1 is 1.11 bits per heavy atom. The van der Waals surface area contributed by atoms with E-state index in [1.165, 1.54) is 0 Å². The summed E-state index contributed by atoms with van der Waals surface area (Å²) in [6, 6.07) is 8.19. The minimum atomic E-state index is 0.689. The molecule has 2 aliphatic rings. The quantitative estimate of drug-likeness (QED) is 0.752. The molecule has 0 fully saturated rings. The summed E-state index contributed by atoms with van der Waals surface area (Å²) in [6.07, 6.45) is 8.44. The van der Waals surface area contributed by atoms with E-state index in [0.717, 1.165) is 41.3 Å². The van der Waals surface area contributed by atoms with Crippen LogP contribution < -0.4 is 10.6 Å². The van der Waals surface area contributed by atoms with Gasteiger partial charge in [-0.15, -0.1) is 0 Å². The Kier molecular flexibility index (Phi) is 1.98. The first-order valence-corrected chi connectivity index (χ1v) is 6.36. The zero-order valence-corrected chi connectivity index (χ0v) is 10.3. The Labute approximate surface area is 110 Å². The van der Waals surface area contributed by atoms with Crippen LogP contribution in [-0.2, 0) is 0 Å². The van der Waals surface area contributed by atoms with Gasteiger partial charge in [-0.2, -0.15) is 5.26 Å². The van der Waals surface area contributed by atoms with Gasteiger partial charge in [-0.1, -0.05) is 18.2 Å². The van der Waals surface area contributed by atoms with Crippen LogP contribution in [0.2, 0.25) is 0 Å². The monoisotopic (exact) mass is 248 g/mol. The maximum absolute atomic E-state index is 9.41. The smallest absolute Gasteiger partial charge is 0.140 e. The summed E-state index contributed by atoms with van der Waals surface area (Å²) < 4.78 is 2.02. The number of rotatable bonds is 0. The average molecular weight is 248 g/mol. The number of aromatic nitrogens is 1. The molecule has 0 amide bonds. The van der Waals surface area contributed by atoms with Crippen molar-refractivity contribution in [3.8, 4) is 6.07 Å². The molecular formula is C15H12N4. The number of hydrogen-bond acceptors (Lipinski definition) is 3. The lowest BCUT2D eigenvalue weighted by molar-refractivity contribution is 0.983. The molecule has 4 nitrogen and oxygen atoms in total. The molecule has 4 rings (SSSR count). The standard InChI is InChI=1S/C15H12N4/c16-9-10-13-7-3-4-8-19(13)15-14(10)17-11-5-1-2-6-12(11)18-15/h3-8,17-18H,1-2H2. The van der Waals surface area contributed by atoms with E-state index in [1.807, 2.05) is 28.8 Å². The summed E-state index contributed by atoms with van der Waals surface area (Å²) in [5.41, 5.74) is 4.67. The molecule has 0 radical (unpaired) electrons. The molecule has 4 heteroatoms. The second-order valence-corrected chi connectivity index (χ2v) is 4.73. The third kappa shape index (κ3) is 1.33. The zero-order valence-electron chi connectivity index (χ0n) is 10.3. The molecule has 1 aliphatic heterocycles. The van der Waals surface area contributed by atoms with Crippen molar-refractivity contribution < 1.29 is 0 Å². The van der Waals surface area contributed by atoms with Gasteiger partial charge in [-0.05, 0) is 25.0 Å². The van der Waals surface area contributed by atoms with E-state index in [4.69, 9.17) is 0 Å². The van der Waals surface area contributed by atoms with E-state index in [-0.39, 0.29) is 0 Å². The SMILES string of the molecule is N#Cc1c2c(n3ccccc13)NC1=CCCC=C1N2. The highest BCUT2D eigenvalue weighted by molar-refractivity contribution is 5.90. The number of nitriles is 1. The van der Waals surface area contributed by atoms with Crippen LogP contribution in [0.15, 0.2) is 47.9 Å². The number of fused-ring (bicyclic) bond motifs is 4. The number of pyridine rings is 1. The van der Waals surface area contributed by atoms with Crippen molar-refractivity contribution in [3.05, 3.63) is 53.5 Å². The Hall–Kier alpha value is -2.67. The molecule has 19 heavy (non-hydrogen) atoms. The molecule has 0 atom stereocenters. The van der Waals surface area contributed by atoms with E-state index in [0.29, 0.717) is 5.56 Å². The summed E-state index contributed by atoms with van der Waals surface area (Å²) in [6.45, 7) is 0. The third-order valence-corrected chi connectivity index (χ3v) is 3.62. The van der Waals surface area contributed by atoms with Crippen molar-refractivity contribution >= 4 is 17.0 Å². The fourth-order valence-corrected chi connectivity index (χ4v) is 2.74. The lowest BCUT2D eigenvalue weighted by atomic mass is 10.1. The number of anilines is 2. The van der Waals surface area contributed by atoms with Crippen molar-refractivity contribution in [1.29, 1.82) is 5.26 Å². The van der Waals surface area contributed by atoms with Crippen molar-refractivity contribution in [2.24, 2.45) is 0 Å². The fourth-order valence-electron chi connectivity index (χ4n) is 2.74. The molecule has 2 aromatic heterocycles. The second kappa shape index (κ2) is 3.66. The van der Waals surface area contributed by atoms with Crippen LogP contribution in [0.25, 0.3) is 5.52 Å². The van der Waals surface area contributed by atoms with Gasteiger partial charge in [0, 0.05) is 6.20 Å². The van der Waals surface area contributed by atoms with Gasteiger partial charge in [0.15, 0.2) is 0 Å². The largest absolute Gasteiger partial charge is 0.350 e. The second-order valence-electron chi connectivity index (χ2n) is 4.73. The van der Waals surface area contributed by atoms with Gasteiger partial charge in [0.2, 0.25) is 0 Å². The van der Waals surface area contributed by atoms with Crippen LogP contribution in [0.5, 0.6) is 0 Å². The number of nitrogens with one attached hydrogen (secondary N) is 2. The van der Waals surface area contributed by atoms with Crippen LogP contribution in [0.3, 0.4) is 0 Å². The highest BCUT2D eigenvalue weighted by Crippen LogP contribution is 2.39. The minimum Gasteiger partial charge on any atom is -0.350 e. The summed E-state index contributed by atoms with van der Waals surface area (Å²) >= 11 is 0. The lowest BCUT2D eigenvalue weighted by Crippen LogP contribution is -2.19. The van der Waals surface area contributed by atoms with Gasteiger partial charge >= 0.3 is 0 Å². The molecule has 0 bridgehead atoms. The predicted octanol–water partition coefficient (Wildman–Crippen LogP) is 3.21. The summed E-state index contributed by atoms with van der Waals surface area (Å²) in [7, 11) is 0. The van der Waals surface area contributed by atoms with Crippen molar-refractivity contribution in [2.45, 2.75) is 12.8 Å². The zero-order chi connectivity index (χ0) is 12.8. The molecule has 0 unspecified atom stereocenters. The predicted molar refractivity (Wildman–Crippen MR) is 74.8 cm³/mol. The molecule has 2 N–H and O–H groups in total. The summed E-state index contributed by atoms with van der Waals surface area (Å²) in [5, 5.41) is 16.2. The van der Waals surface area contributed by atoms with Crippen LogP contribution in [0.4, 0.5) is 11.5 Å². The highest BCUT2D eigenvalue weighted by atomic mass is 15.2. The van der Waals surface area contributed by atoms with Crippen LogP contribution in [0.1, 0.15) is 18.4 Å².